The zero-order valence-corrected chi connectivity index (χ0v) is 10.8. The molecule has 1 aliphatic heterocycles. The SMILES string of the molecule is CC1(C)OC[C@@H](Cc2csc(CC(=O)O)c2)O1. The van der Waals surface area contributed by atoms with E-state index in [1.54, 1.807) is 0 Å². The Morgan fingerprint density at radius 3 is 3.00 bits per heavy atom. The number of carboxylic acid groups (broad SMARTS) is 1. The summed E-state index contributed by atoms with van der Waals surface area (Å²) in [5, 5.41) is 10.7. The second kappa shape index (κ2) is 4.76. The Labute approximate surface area is 104 Å². The molecule has 0 unspecified atom stereocenters. The van der Waals surface area contributed by atoms with Gasteiger partial charge in [0.15, 0.2) is 5.79 Å². The predicted molar refractivity (Wildman–Crippen MR) is 64.3 cm³/mol. The molecular weight excluding hydrogens is 240 g/mol. The zero-order chi connectivity index (χ0) is 12.5. The minimum atomic E-state index is -0.792. The van der Waals surface area contributed by atoms with Gasteiger partial charge < -0.3 is 14.6 Å². The molecule has 0 aliphatic carbocycles. The summed E-state index contributed by atoms with van der Waals surface area (Å²) in [6.07, 6.45) is 0.940. The predicted octanol–water partition coefficient (Wildman–Crippen LogP) is 2.07. The Hall–Kier alpha value is -0.910. The van der Waals surface area contributed by atoms with E-state index in [-0.39, 0.29) is 12.5 Å². The summed E-state index contributed by atoms with van der Waals surface area (Å²) in [7, 11) is 0. The van der Waals surface area contributed by atoms with Crippen LogP contribution in [0, 0.1) is 0 Å². The standard InChI is InChI=1S/C12H16O4S/c1-12(2)15-6-9(16-12)3-8-4-10(17-7-8)5-11(13)14/h4,7,9H,3,5-6H2,1-2H3,(H,13,14)/t9-/m1/s1. The Morgan fingerprint density at radius 2 is 2.41 bits per heavy atom. The molecule has 5 heteroatoms. The number of carbonyl (C=O) groups is 1. The van der Waals surface area contributed by atoms with Crippen molar-refractivity contribution >= 4 is 17.3 Å². The fourth-order valence-corrected chi connectivity index (χ4v) is 2.79. The molecule has 0 spiro atoms. The van der Waals surface area contributed by atoms with Crippen molar-refractivity contribution < 1.29 is 19.4 Å². The third kappa shape index (κ3) is 3.52. The van der Waals surface area contributed by atoms with Gasteiger partial charge in [-0.05, 0) is 30.9 Å². The van der Waals surface area contributed by atoms with Crippen LogP contribution in [0.25, 0.3) is 0 Å². The lowest BCUT2D eigenvalue weighted by Crippen LogP contribution is -2.22. The van der Waals surface area contributed by atoms with Gasteiger partial charge in [-0.15, -0.1) is 11.3 Å². The fraction of sp³-hybridized carbons (Fsp3) is 0.583. The van der Waals surface area contributed by atoms with Gasteiger partial charge in [0.25, 0.3) is 0 Å². The van der Waals surface area contributed by atoms with E-state index < -0.39 is 11.8 Å². The maximum atomic E-state index is 10.6. The van der Waals surface area contributed by atoms with Crippen molar-refractivity contribution in [1.29, 1.82) is 0 Å². The smallest absolute Gasteiger partial charge is 0.308 e. The lowest BCUT2D eigenvalue weighted by atomic mass is 10.1. The third-order valence-corrected chi connectivity index (χ3v) is 3.55. The quantitative estimate of drug-likeness (QED) is 0.896. The molecule has 1 saturated heterocycles. The molecule has 1 aromatic rings. The number of hydrogen-bond donors (Lipinski definition) is 1. The van der Waals surface area contributed by atoms with Crippen molar-refractivity contribution in [3.63, 3.8) is 0 Å². The Morgan fingerprint density at radius 1 is 1.65 bits per heavy atom. The molecule has 1 atom stereocenters. The van der Waals surface area contributed by atoms with Gasteiger partial charge in [-0.2, -0.15) is 0 Å². The summed E-state index contributed by atoms with van der Waals surface area (Å²) < 4.78 is 11.2. The molecule has 0 saturated carbocycles. The van der Waals surface area contributed by atoms with Gasteiger partial charge in [0.05, 0.1) is 19.1 Å². The molecule has 1 aliphatic rings. The maximum absolute atomic E-state index is 10.6. The van der Waals surface area contributed by atoms with Crippen LogP contribution in [0.1, 0.15) is 24.3 Å². The van der Waals surface area contributed by atoms with Crippen molar-refractivity contribution in [1.82, 2.24) is 0 Å². The highest BCUT2D eigenvalue weighted by molar-refractivity contribution is 7.10. The normalized spacial score (nSPS) is 22.8. The molecule has 0 bridgehead atoms. The van der Waals surface area contributed by atoms with Gasteiger partial charge in [-0.25, -0.2) is 0 Å². The van der Waals surface area contributed by atoms with E-state index >= 15 is 0 Å². The van der Waals surface area contributed by atoms with E-state index in [1.165, 1.54) is 11.3 Å². The summed E-state index contributed by atoms with van der Waals surface area (Å²) in [6, 6.07) is 1.94. The van der Waals surface area contributed by atoms with Gasteiger partial charge in [-0.3, -0.25) is 4.79 Å². The van der Waals surface area contributed by atoms with Crippen LogP contribution in [0.5, 0.6) is 0 Å². The molecule has 0 radical (unpaired) electrons. The molecule has 0 aromatic carbocycles. The second-order valence-corrected chi connectivity index (χ2v) is 5.64. The van der Waals surface area contributed by atoms with Gasteiger partial charge in [0.1, 0.15) is 0 Å². The largest absolute Gasteiger partial charge is 0.481 e. The molecular formula is C12H16O4S. The lowest BCUT2D eigenvalue weighted by molar-refractivity contribution is -0.138. The molecule has 94 valence electrons. The first-order valence-electron chi connectivity index (χ1n) is 5.54. The summed E-state index contributed by atoms with van der Waals surface area (Å²) in [5.41, 5.74) is 1.12. The lowest BCUT2D eigenvalue weighted by Gasteiger charge is -2.16. The van der Waals surface area contributed by atoms with Crippen molar-refractivity contribution in [2.24, 2.45) is 0 Å². The number of thiophene rings is 1. The van der Waals surface area contributed by atoms with Crippen LogP contribution in [0.15, 0.2) is 11.4 Å². The van der Waals surface area contributed by atoms with Crippen molar-refractivity contribution in [3.05, 3.63) is 21.9 Å². The van der Waals surface area contributed by atoms with Gasteiger partial charge in [0.2, 0.25) is 0 Å². The van der Waals surface area contributed by atoms with Crippen LogP contribution >= 0.6 is 11.3 Å². The molecule has 1 N–H and O–H groups in total. The van der Waals surface area contributed by atoms with Crippen LogP contribution in [-0.4, -0.2) is 29.6 Å². The first-order chi connectivity index (χ1) is 7.94. The molecule has 2 rings (SSSR count). The molecule has 4 nitrogen and oxygen atoms in total. The van der Waals surface area contributed by atoms with Gasteiger partial charge >= 0.3 is 5.97 Å². The van der Waals surface area contributed by atoms with Gasteiger partial charge in [-0.1, -0.05) is 0 Å². The average molecular weight is 256 g/mol. The average Bonchev–Trinajstić information content (AvgIpc) is 2.73. The van der Waals surface area contributed by atoms with Crippen molar-refractivity contribution in [2.75, 3.05) is 6.61 Å². The zero-order valence-electron chi connectivity index (χ0n) is 9.93. The number of ether oxygens (including phenoxy) is 2. The van der Waals surface area contributed by atoms with Crippen molar-refractivity contribution in [2.45, 2.75) is 38.6 Å². The van der Waals surface area contributed by atoms with E-state index in [4.69, 9.17) is 14.6 Å². The van der Waals surface area contributed by atoms with E-state index in [2.05, 4.69) is 0 Å². The Bertz CT molecular complexity index is 410. The number of hydrogen-bond acceptors (Lipinski definition) is 4. The minimum Gasteiger partial charge on any atom is -0.481 e. The maximum Gasteiger partial charge on any atom is 0.308 e. The highest BCUT2D eigenvalue weighted by Crippen LogP contribution is 2.26. The number of rotatable bonds is 4. The molecule has 1 aromatic heterocycles. The molecule has 2 heterocycles. The highest BCUT2D eigenvalue weighted by atomic mass is 32.1. The summed E-state index contributed by atoms with van der Waals surface area (Å²) >= 11 is 1.48. The monoisotopic (exact) mass is 256 g/mol. The highest BCUT2D eigenvalue weighted by Gasteiger charge is 2.32. The first-order valence-corrected chi connectivity index (χ1v) is 6.42. The second-order valence-electron chi connectivity index (χ2n) is 4.65. The molecule has 0 amide bonds. The first kappa shape index (κ1) is 12.5. The number of aliphatic carboxylic acids is 1. The topological polar surface area (TPSA) is 55.8 Å². The minimum absolute atomic E-state index is 0.0669. The van der Waals surface area contributed by atoms with Gasteiger partial charge in [0, 0.05) is 11.3 Å². The Kier molecular flexibility index (Phi) is 3.51. The van der Waals surface area contributed by atoms with E-state index in [1.807, 2.05) is 25.3 Å². The third-order valence-electron chi connectivity index (χ3n) is 2.56. The number of carboxylic acids is 1. The Balaban J connectivity index is 1.91. The van der Waals surface area contributed by atoms with Crippen molar-refractivity contribution in [3.8, 4) is 0 Å². The molecule has 1 fully saturated rings. The summed E-state index contributed by atoms with van der Waals surface area (Å²) in [6.45, 7) is 4.39. The van der Waals surface area contributed by atoms with Crippen LogP contribution in [0.3, 0.4) is 0 Å². The van der Waals surface area contributed by atoms with E-state index in [0.29, 0.717) is 6.61 Å². The van der Waals surface area contributed by atoms with E-state index in [9.17, 15) is 4.79 Å². The summed E-state index contributed by atoms with van der Waals surface area (Å²) in [4.78, 5) is 11.4. The van der Waals surface area contributed by atoms with Crippen LogP contribution in [0.4, 0.5) is 0 Å². The molecule has 17 heavy (non-hydrogen) atoms. The van der Waals surface area contributed by atoms with Crippen LogP contribution < -0.4 is 0 Å². The summed E-state index contributed by atoms with van der Waals surface area (Å²) in [5.74, 6) is -1.29. The van der Waals surface area contributed by atoms with E-state index in [0.717, 1.165) is 16.9 Å². The van der Waals surface area contributed by atoms with Crippen LogP contribution in [-0.2, 0) is 27.1 Å². The fourth-order valence-electron chi connectivity index (χ4n) is 1.90. The van der Waals surface area contributed by atoms with Crippen LogP contribution in [0.2, 0.25) is 0 Å².